The van der Waals surface area contributed by atoms with Gasteiger partial charge in [0.25, 0.3) is 0 Å². The van der Waals surface area contributed by atoms with Gasteiger partial charge in [0.15, 0.2) is 0 Å². The van der Waals surface area contributed by atoms with E-state index in [2.05, 4.69) is 5.32 Å². The Hall–Kier alpha value is -3.02. The first-order valence-electron chi connectivity index (χ1n) is 10.7. The third-order valence-corrected chi connectivity index (χ3v) is 5.99. The van der Waals surface area contributed by atoms with Gasteiger partial charge < -0.3 is 15.0 Å². The summed E-state index contributed by atoms with van der Waals surface area (Å²) in [6, 6.07) is 15.5. The van der Waals surface area contributed by atoms with Gasteiger partial charge in [0.05, 0.1) is 12.8 Å². The van der Waals surface area contributed by atoms with Gasteiger partial charge in [-0.05, 0) is 43.0 Å². The van der Waals surface area contributed by atoms with Crippen molar-refractivity contribution in [1.82, 2.24) is 4.90 Å². The molecule has 1 aliphatic carbocycles. The number of rotatable bonds is 6. The molecule has 1 saturated carbocycles. The van der Waals surface area contributed by atoms with Gasteiger partial charge in [-0.2, -0.15) is 0 Å². The smallest absolute Gasteiger partial charge is 0.324 e. The topological polar surface area (TPSA) is 61.9 Å². The normalized spacial score (nSPS) is 17.3. The second-order valence-electron chi connectivity index (χ2n) is 8.05. The summed E-state index contributed by atoms with van der Waals surface area (Å²) in [6.07, 6.45) is 5.01. The Morgan fingerprint density at radius 3 is 2.57 bits per heavy atom. The average Bonchev–Trinajstić information content (AvgIpc) is 3.31. The molecule has 2 aromatic rings. The van der Waals surface area contributed by atoms with E-state index in [1.165, 1.54) is 0 Å². The highest BCUT2D eigenvalue weighted by molar-refractivity contribution is 5.97. The lowest BCUT2D eigenvalue weighted by molar-refractivity contribution is -0.119. The number of methoxy groups -OCH3 is 1. The fourth-order valence-electron chi connectivity index (χ4n) is 4.37. The van der Waals surface area contributed by atoms with E-state index in [9.17, 15) is 9.59 Å². The van der Waals surface area contributed by atoms with Crippen molar-refractivity contribution in [2.75, 3.05) is 30.4 Å². The van der Waals surface area contributed by atoms with E-state index in [0.717, 1.165) is 44.2 Å². The van der Waals surface area contributed by atoms with Crippen molar-refractivity contribution >= 4 is 23.3 Å². The van der Waals surface area contributed by atoms with Crippen LogP contribution in [0.4, 0.5) is 16.2 Å². The van der Waals surface area contributed by atoms with Crippen molar-refractivity contribution in [1.29, 1.82) is 0 Å². The van der Waals surface area contributed by atoms with E-state index in [0.29, 0.717) is 30.2 Å². The molecule has 6 nitrogen and oxygen atoms in total. The summed E-state index contributed by atoms with van der Waals surface area (Å²) in [5, 5.41) is 3.03. The van der Waals surface area contributed by atoms with Crippen molar-refractivity contribution in [2.24, 2.45) is 5.92 Å². The van der Waals surface area contributed by atoms with E-state index in [1.54, 1.807) is 12.0 Å². The molecule has 1 saturated heterocycles. The largest absolute Gasteiger partial charge is 0.495 e. The SMILES string of the molecule is COc1ccc(NC(=O)C2CCCC2)cc1N1CCCN(Cc2ccccc2)C1=O. The molecular formula is C24H29N3O3. The van der Waals surface area contributed by atoms with Gasteiger partial charge >= 0.3 is 6.03 Å². The van der Waals surface area contributed by atoms with Crippen LogP contribution in [0.1, 0.15) is 37.7 Å². The standard InChI is InChI=1S/C24H29N3O3/c1-30-22-13-12-20(25-23(28)19-10-5-6-11-19)16-21(22)27-15-7-14-26(24(27)29)17-18-8-3-2-4-9-18/h2-4,8-9,12-13,16,19H,5-7,10-11,14-15,17H2,1H3,(H,25,28). The van der Waals surface area contributed by atoms with Crippen molar-refractivity contribution in [3.8, 4) is 5.75 Å². The Bertz CT molecular complexity index is 894. The zero-order chi connectivity index (χ0) is 20.9. The lowest BCUT2D eigenvalue weighted by Crippen LogP contribution is -2.49. The molecule has 1 N–H and O–H groups in total. The zero-order valence-corrected chi connectivity index (χ0v) is 17.5. The lowest BCUT2D eigenvalue weighted by Gasteiger charge is -2.36. The minimum atomic E-state index is -0.0392. The van der Waals surface area contributed by atoms with E-state index >= 15 is 0 Å². The van der Waals surface area contributed by atoms with Crippen LogP contribution in [0.25, 0.3) is 0 Å². The third kappa shape index (κ3) is 4.42. The fourth-order valence-corrected chi connectivity index (χ4v) is 4.37. The van der Waals surface area contributed by atoms with Crippen LogP contribution in [0.15, 0.2) is 48.5 Å². The number of anilines is 2. The summed E-state index contributed by atoms with van der Waals surface area (Å²) in [7, 11) is 1.60. The number of amides is 3. The summed E-state index contributed by atoms with van der Waals surface area (Å²) < 4.78 is 5.54. The molecule has 6 heteroatoms. The van der Waals surface area contributed by atoms with Crippen molar-refractivity contribution in [3.05, 3.63) is 54.1 Å². The monoisotopic (exact) mass is 407 g/mol. The van der Waals surface area contributed by atoms with Gasteiger partial charge in [-0.15, -0.1) is 0 Å². The molecule has 2 fully saturated rings. The molecule has 0 atom stereocenters. The number of carbonyl (C=O) groups excluding carboxylic acids is 2. The molecule has 2 aliphatic rings. The highest BCUT2D eigenvalue weighted by Crippen LogP contribution is 2.34. The van der Waals surface area contributed by atoms with Gasteiger partial charge in [-0.3, -0.25) is 9.69 Å². The van der Waals surface area contributed by atoms with Crippen LogP contribution in [0.3, 0.4) is 0 Å². The van der Waals surface area contributed by atoms with Crippen LogP contribution in [0, 0.1) is 5.92 Å². The van der Waals surface area contributed by atoms with Gasteiger partial charge in [-0.1, -0.05) is 43.2 Å². The van der Waals surface area contributed by atoms with E-state index in [-0.39, 0.29) is 17.9 Å². The van der Waals surface area contributed by atoms with Crippen molar-refractivity contribution < 1.29 is 14.3 Å². The second kappa shape index (κ2) is 9.20. The number of ether oxygens (including phenoxy) is 1. The Morgan fingerprint density at radius 2 is 1.83 bits per heavy atom. The number of hydrogen-bond donors (Lipinski definition) is 1. The maximum atomic E-state index is 13.3. The summed E-state index contributed by atoms with van der Waals surface area (Å²) in [6.45, 7) is 1.93. The Morgan fingerprint density at radius 1 is 1.07 bits per heavy atom. The first kappa shape index (κ1) is 20.3. The molecule has 0 radical (unpaired) electrons. The summed E-state index contributed by atoms with van der Waals surface area (Å²) in [4.78, 5) is 29.4. The van der Waals surface area contributed by atoms with Crippen molar-refractivity contribution in [3.63, 3.8) is 0 Å². The molecule has 30 heavy (non-hydrogen) atoms. The minimum Gasteiger partial charge on any atom is -0.495 e. The van der Waals surface area contributed by atoms with Crippen LogP contribution >= 0.6 is 0 Å². The maximum Gasteiger partial charge on any atom is 0.324 e. The number of hydrogen-bond acceptors (Lipinski definition) is 3. The van der Waals surface area contributed by atoms with Crippen molar-refractivity contribution in [2.45, 2.75) is 38.6 Å². The highest BCUT2D eigenvalue weighted by Gasteiger charge is 2.29. The average molecular weight is 408 g/mol. The molecule has 0 spiro atoms. The first-order valence-corrected chi connectivity index (χ1v) is 10.7. The fraction of sp³-hybridized carbons (Fsp3) is 0.417. The number of urea groups is 1. The molecule has 0 bridgehead atoms. The zero-order valence-electron chi connectivity index (χ0n) is 17.5. The van der Waals surface area contributed by atoms with E-state index in [1.807, 2.05) is 53.4 Å². The van der Waals surface area contributed by atoms with E-state index in [4.69, 9.17) is 4.74 Å². The molecule has 0 unspecified atom stereocenters. The highest BCUT2D eigenvalue weighted by atomic mass is 16.5. The van der Waals surface area contributed by atoms with Gasteiger partial charge in [0, 0.05) is 31.2 Å². The Kier molecular flexibility index (Phi) is 6.21. The summed E-state index contributed by atoms with van der Waals surface area (Å²) >= 11 is 0. The molecule has 158 valence electrons. The number of nitrogens with one attached hydrogen (secondary N) is 1. The van der Waals surface area contributed by atoms with Gasteiger partial charge in [0.1, 0.15) is 5.75 Å². The number of benzene rings is 2. The molecule has 3 amide bonds. The molecule has 2 aromatic carbocycles. The van der Waals surface area contributed by atoms with Gasteiger partial charge in [0.2, 0.25) is 5.91 Å². The van der Waals surface area contributed by atoms with Crippen LogP contribution in [0.2, 0.25) is 0 Å². The summed E-state index contributed by atoms with van der Waals surface area (Å²) in [5.41, 5.74) is 2.51. The second-order valence-corrected chi connectivity index (χ2v) is 8.05. The predicted molar refractivity (Wildman–Crippen MR) is 118 cm³/mol. The number of nitrogens with zero attached hydrogens (tertiary/aromatic N) is 2. The quantitative estimate of drug-likeness (QED) is 0.758. The maximum absolute atomic E-state index is 13.3. The molecule has 0 aromatic heterocycles. The predicted octanol–water partition coefficient (Wildman–Crippen LogP) is 4.66. The lowest BCUT2D eigenvalue weighted by atomic mass is 10.1. The summed E-state index contributed by atoms with van der Waals surface area (Å²) in [5.74, 6) is 0.789. The molecule has 1 heterocycles. The van der Waals surface area contributed by atoms with E-state index < -0.39 is 0 Å². The molecular weight excluding hydrogens is 378 g/mol. The van der Waals surface area contributed by atoms with Crippen LogP contribution in [0.5, 0.6) is 5.75 Å². The van der Waals surface area contributed by atoms with Gasteiger partial charge in [-0.25, -0.2) is 4.79 Å². The third-order valence-electron chi connectivity index (χ3n) is 5.99. The van der Waals surface area contributed by atoms with Crippen LogP contribution in [-0.4, -0.2) is 37.0 Å². The first-order chi connectivity index (χ1) is 14.7. The molecule has 1 aliphatic heterocycles. The molecule has 4 rings (SSSR count). The Balaban J connectivity index is 1.53. The minimum absolute atomic E-state index is 0.0392. The number of carbonyl (C=O) groups is 2. The van der Waals surface area contributed by atoms with Crippen LogP contribution < -0.4 is 15.0 Å². The Labute approximate surface area is 177 Å². The van der Waals surface area contributed by atoms with Crippen LogP contribution in [-0.2, 0) is 11.3 Å².